The number of benzene rings is 1. The van der Waals surface area contributed by atoms with Crippen molar-refractivity contribution in [2.24, 2.45) is 0 Å². The summed E-state index contributed by atoms with van der Waals surface area (Å²) in [6.07, 6.45) is 0. The summed E-state index contributed by atoms with van der Waals surface area (Å²) in [4.78, 5) is 32.4. The number of carbonyl (C=O) groups is 2. The third-order valence-corrected chi connectivity index (χ3v) is 4.30. The molecule has 0 N–H and O–H groups in total. The molecule has 1 aliphatic heterocycles. The highest BCUT2D eigenvalue weighted by Crippen LogP contribution is 2.18. The number of aromatic nitrogens is 1. The number of hydrogen-bond donors (Lipinski definition) is 0. The number of hydrogen-bond acceptors (Lipinski definition) is 5. The van der Waals surface area contributed by atoms with Crippen molar-refractivity contribution >= 4 is 17.6 Å². The van der Waals surface area contributed by atoms with Crippen LogP contribution in [0.2, 0.25) is 0 Å². The molecule has 1 aromatic heterocycles. The van der Waals surface area contributed by atoms with Crippen molar-refractivity contribution in [2.75, 3.05) is 38.2 Å². The minimum atomic E-state index is -0.543. The fraction of sp³-hybridized carbons (Fsp3) is 0.316. The molecule has 1 amide bonds. The lowest BCUT2D eigenvalue weighted by atomic mass is 10.2. The van der Waals surface area contributed by atoms with Crippen LogP contribution in [-0.2, 0) is 4.74 Å². The van der Waals surface area contributed by atoms with E-state index in [-0.39, 0.29) is 17.3 Å². The quantitative estimate of drug-likeness (QED) is 0.802. The summed E-state index contributed by atoms with van der Waals surface area (Å²) in [6, 6.07) is 13.2. The predicted octanol–water partition coefficient (Wildman–Crippen LogP) is 2.14. The standard InChI is InChI=1S/C19H21N3O3/c1-14-5-3-6-15(13-14)21-9-11-22(12-10-21)18(23)16-7-4-8-17(20-16)19(24)25-2/h3-8,13H,9-12H2,1-2H3. The SMILES string of the molecule is COC(=O)c1cccc(C(=O)N2CCN(c3cccc(C)c3)CC2)n1. The van der Waals surface area contributed by atoms with Gasteiger partial charge in [0.15, 0.2) is 0 Å². The van der Waals surface area contributed by atoms with E-state index in [1.54, 1.807) is 17.0 Å². The molecule has 1 aliphatic rings. The largest absolute Gasteiger partial charge is 0.464 e. The average molecular weight is 339 g/mol. The molecule has 2 heterocycles. The van der Waals surface area contributed by atoms with Gasteiger partial charge in [-0.15, -0.1) is 0 Å². The smallest absolute Gasteiger partial charge is 0.356 e. The Hall–Kier alpha value is -2.89. The van der Waals surface area contributed by atoms with Gasteiger partial charge in [0.2, 0.25) is 0 Å². The summed E-state index contributed by atoms with van der Waals surface area (Å²) in [7, 11) is 1.29. The molecule has 3 rings (SSSR count). The summed E-state index contributed by atoms with van der Waals surface area (Å²) in [5.74, 6) is -0.700. The van der Waals surface area contributed by atoms with Gasteiger partial charge in [0.05, 0.1) is 7.11 Å². The Kier molecular flexibility index (Phi) is 4.97. The van der Waals surface area contributed by atoms with Gasteiger partial charge >= 0.3 is 5.97 Å². The number of aryl methyl sites for hydroxylation is 1. The van der Waals surface area contributed by atoms with Gasteiger partial charge < -0.3 is 14.5 Å². The van der Waals surface area contributed by atoms with Crippen molar-refractivity contribution in [3.8, 4) is 0 Å². The molecule has 6 nitrogen and oxygen atoms in total. The summed E-state index contributed by atoms with van der Waals surface area (Å²) in [6.45, 7) is 4.86. The van der Waals surface area contributed by atoms with Crippen LogP contribution < -0.4 is 4.90 Å². The molecule has 0 bridgehead atoms. The third kappa shape index (κ3) is 3.79. The Morgan fingerprint density at radius 2 is 1.68 bits per heavy atom. The number of rotatable bonds is 3. The van der Waals surface area contributed by atoms with Crippen LogP contribution in [0.1, 0.15) is 26.5 Å². The van der Waals surface area contributed by atoms with Gasteiger partial charge in [-0.25, -0.2) is 9.78 Å². The zero-order valence-corrected chi connectivity index (χ0v) is 14.4. The van der Waals surface area contributed by atoms with Gasteiger partial charge in [0.25, 0.3) is 5.91 Å². The molecule has 0 radical (unpaired) electrons. The van der Waals surface area contributed by atoms with Crippen LogP contribution in [0.4, 0.5) is 5.69 Å². The number of carbonyl (C=O) groups excluding carboxylic acids is 2. The Balaban J connectivity index is 1.66. The van der Waals surface area contributed by atoms with E-state index >= 15 is 0 Å². The number of piperazine rings is 1. The van der Waals surface area contributed by atoms with Crippen LogP contribution in [0.25, 0.3) is 0 Å². The average Bonchev–Trinajstić information content (AvgIpc) is 2.67. The fourth-order valence-electron chi connectivity index (χ4n) is 2.93. The topological polar surface area (TPSA) is 62.7 Å². The molecule has 0 spiro atoms. The van der Waals surface area contributed by atoms with E-state index in [0.29, 0.717) is 13.1 Å². The maximum Gasteiger partial charge on any atom is 0.356 e. The van der Waals surface area contributed by atoms with E-state index in [1.807, 2.05) is 6.07 Å². The van der Waals surface area contributed by atoms with E-state index in [9.17, 15) is 9.59 Å². The van der Waals surface area contributed by atoms with E-state index in [1.165, 1.54) is 24.4 Å². The first kappa shape index (κ1) is 17.0. The first-order valence-corrected chi connectivity index (χ1v) is 8.25. The van der Waals surface area contributed by atoms with Gasteiger partial charge in [0, 0.05) is 31.9 Å². The van der Waals surface area contributed by atoms with E-state index in [4.69, 9.17) is 0 Å². The molecule has 1 aromatic carbocycles. The molecule has 130 valence electrons. The summed E-state index contributed by atoms with van der Waals surface area (Å²) < 4.78 is 4.66. The van der Waals surface area contributed by atoms with Crippen molar-refractivity contribution in [3.05, 3.63) is 59.4 Å². The van der Waals surface area contributed by atoms with Crippen LogP contribution in [-0.4, -0.2) is 55.0 Å². The van der Waals surface area contributed by atoms with Gasteiger partial charge in [-0.3, -0.25) is 4.79 Å². The minimum absolute atomic E-state index is 0.145. The monoisotopic (exact) mass is 339 g/mol. The zero-order chi connectivity index (χ0) is 17.8. The van der Waals surface area contributed by atoms with E-state index in [2.05, 4.69) is 39.7 Å². The molecule has 0 unspecified atom stereocenters. The number of ether oxygens (including phenoxy) is 1. The summed E-state index contributed by atoms with van der Waals surface area (Å²) >= 11 is 0. The molecule has 0 atom stereocenters. The lowest BCUT2D eigenvalue weighted by Gasteiger charge is -2.36. The van der Waals surface area contributed by atoms with Gasteiger partial charge in [0.1, 0.15) is 11.4 Å². The first-order chi connectivity index (χ1) is 12.1. The first-order valence-electron chi connectivity index (χ1n) is 8.25. The van der Waals surface area contributed by atoms with Crippen LogP contribution in [0.15, 0.2) is 42.5 Å². The molecule has 0 aliphatic carbocycles. The predicted molar refractivity (Wildman–Crippen MR) is 94.9 cm³/mol. The molecule has 1 saturated heterocycles. The molecule has 25 heavy (non-hydrogen) atoms. The van der Waals surface area contributed by atoms with E-state index < -0.39 is 5.97 Å². The Morgan fingerprint density at radius 3 is 2.36 bits per heavy atom. The normalized spacial score (nSPS) is 14.3. The highest BCUT2D eigenvalue weighted by Gasteiger charge is 2.24. The van der Waals surface area contributed by atoms with Crippen LogP contribution in [0.5, 0.6) is 0 Å². The fourth-order valence-corrected chi connectivity index (χ4v) is 2.93. The molecule has 0 saturated carbocycles. The second kappa shape index (κ2) is 7.34. The highest BCUT2D eigenvalue weighted by molar-refractivity contribution is 5.94. The van der Waals surface area contributed by atoms with Crippen molar-refractivity contribution in [1.29, 1.82) is 0 Å². The summed E-state index contributed by atoms with van der Waals surface area (Å²) in [5, 5.41) is 0. The van der Waals surface area contributed by atoms with E-state index in [0.717, 1.165) is 13.1 Å². The highest BCUT2D eigenvalue weighted by atomic mass is 16.5. The molecule has 2 aromatic rings. The summed E-state index contributed by atoms with van der Waals surface area (Å²) in [5.41, 5.74) is 2.82. The Labute approximate surface area is 147 Å². The molecular formula is C19H21N3O3. The molecule has 6 heteroatoms. The lowest BCUT2D eigenvalue weighted by Crippen LogP contribution is -2.49. The van der Waals surface area contributed by atoms with Crippen molar-refractivity contribution < 1.29 is 14.3 Å². The van der Waals surface area contributed by atoms with Gasteiger partial charge in [-0.1, -0.05) is 18.2 Å². The zero-order valence-electron chi connectivity index (χ0n) is 14.4. The number of methoxy groups -OCH3 is 1. The van der Waals surface area contributed by atoms with Gasteiger partial charge in [-0.2, -0.15) is 0 Å². The van der Waals surface area contributed by atoms with Crippen LogP contribution in [0.3, 0.4) is 0 Å². The minimum Gasteiger partial charge on any atom is -0.464 e. The maximum atomic E-state index is 12.7. The third-order valence-electron chi connectivity index (χ3n) is 4.30. The van der Waals surface area contributed by atoms with Crippen LogP contribution in [0, 0.1) is 6.92 Å². The Bertz CT molecular complexity index is 783. The number of amides is 1. The Morgan fingerprint density at radius 1 is 1.00 bits per heavy atom. The van der Waals surface area contributed by atoms with Gasteiger partial charge in [-0.05, 0) is 36.8 Å². The van der Waals surface area contributed by atoms with Crippen molar-refractivity contribution in [2.45, 2.75) is 6.92 Å². The number of pyridine rings is 1. The number of anilines is 1. The number of esters is 1. The maximum absolute atomic E-state index is 12.7. The number of nitrogens with zero attached hydrogens (tertiary/aromatic N) is 3. The van der Waals surface area contributed by atoms with Crippen LogP contribution >= 0.6 is 0 Å². The van der Waals surface area contributed by atoms with Crippen molar-refractivity contribution in [1.82, 2.24) is 9.88 Å². The second-order valence-corrected chi connectivity index (χ2v) is 6.02. The molecule has 1 fully saturated rings. The lowest BCUT2D eigenvalue weighted by molar-refractivity contribution is 0.0593. The second-order valence-electron chi connectivity index (χ2n) is 6.02. The van der Waals surface area contributed by atoms with Crippen molar-refractivity contribution in [3.63, 3.8) is 0 Å². The molecular weight excluding hydrogens is 318 g/mol.